The SMILES string of the molecule is COC(C(=O)O[C@@H]1CC=C[C@@H]1CCO[Si](C)(C)C(C)(C)C)(c1ccccc1)C(F)(F)F. The molecule has 0 N–H and O–H groups in total. The van der Waals surface area contributed by atoms with E-state index in [0.717, 1.165) is 7.11 Å². The van der Waals surface area contributed by atoms with Crippen LogP contribution in [0.3, 0.4) is 0 Å². The van der Waals surface area contributed by atoms with Gasteiger partial charge in [0.2, 0.25) is 0 Å². The summed E-state index contributed by atoms with van der Waals surface area (Å²) >= 11 is 0. The minimum absolute atomic E-state index is 0.0604. The summed E-state index contributed by atoms with van der Waals surface area (Å²) in [7, 11) is -1.06. The lowest BCUT2D eigenvalue weighted by Gasteiger charge is -2.37. The van der Waals surface area contributed by atoms with Crippen LogP contribution in [0.1, 0.15) is 39.2 Å². The molecule has 2 rings (SSSR count). The summed E-state index contributed by atoms with van der Waals surface area (Å²) in [5.41, 5.74) is -3.47. The Labute approximate surface area is 183 Å². The summed E-state index contributed by atoms with van der Waals surface area (Å²) < 4.78 is 58.6. The van der Waals surface area contributed by atoms with Crippen molar-refractivity contribution in [3.05, 3.63) is 48.0 Å². The minimum Gasteiger partial charge on any atom is -0.459 e. The molecular weight excluding hydrogens is 425 g/mol. The Kier molecular flexibility index (Phi) is 7.82. The third-order valence-electron chi connectivity index (χ3n) is 6.38. The Hall–Kier alpha value is -1.64. The van der Waals surface area contributed by atoms with E-state index < -0.39 is 32.2 Å². The number of benzene rings is 1. The molecule has 31 heavy (non-hydrogen) atoms. The number of carbonyl (C=O) groups is 1. The second kappa shape index (κ2) is 9.46. The van der Waals surface area contributed by atoms with Gasteiger partial charge in [-0.2, -0.15) is 13.2 Å². The molecule has 0 amide bonds. The molecule has 0 fully saturated rings. The van der Waals surface area contributed by atoms with Crippen LogP contribution in [0.5, 0.6) is 0 Å². The zero-order chi connectivity index (χ0) is 23.5. The molecule has 0 aromatic heterocycles. The van der Waals surface area contributed by atoms with Gasteiger partial charge in [-0.3, -0.25) is 0 Å². The van der Waals surface area contributed by atoms with Crippen molar-refractivity contribution in [2.45, 2.75) is 69.6 Å². The number of esters is 1. The Morgan fingerprint density at radius 2 is 1.74 bits per heavy atom. The Bertz CT molecular complexity index is 771. The van der Waals surface area contributed by atoms with Crippen LogP contribution in [0.25, 0.3) is 0 Å². The first-order valence-electron chi connectivity index (χ1n) is 10.5. The molecule has 3 atom stereocenters. The summed E-state index contributed by atoms with van der Waals surface area (Å²) in [6.07, 6.45) is -1.01. The monoisotopic (exact) mass is 458 g/mol. The number of hydrogen-bond donors (Lipinski definition) is 0. The van der Waals surface area contributed by atoms with Gasteiger partial charge in [0.15, 0.2) is 8.32 Å². The standard InChI is InChI=1S/C23H33F3O4Si/c1-21(2,3)31(5,6)29-16-15-17-11-10-14-19(17)30-20(27)22(28-4,23(24,25)26)18-12-8-7-9-13-18/h7-13,17,19H,14-16H2,1-6H3/t17-,19-,22?/m1/s1. The summed E-state index contributed by atoms with van der Waals surface area (Å²) in [6, 6.07) is 6.87. The normalized spacial score (nSPS) is 21.7. The molecule has 1 aromatic rings. The highest BCUT2D eigenvalue weighted by Gasteiger charge is 2.64. The van der Waals surface area contributed by atoms with Gasteiger partial charge in [0.1, 0.15) is 6.10 Å². The predicted octanol–water partition coefficient (Wildman–Crippen LogP) is 5.99. The molecular formula is C23H33F3O4Si. The van der Waals surface area contributed by atoms with Crippen molar-refractivity contribution in [3.8, 4) is 0 Å². The average molecular weight is 459 g/mol. The van der Waals surface area contributed by atoms with E-state index in [2.05, 4.69) is 33.9 Å². The molecule has 0 heterocycles. The van der Waals surface area contributed by atoms with Crippen LogP contribution >= 0.6 is 0 Å². The van der Waals surface area contributed by atoms with Crippen LogP contribution in [0.2, 0.25) is 18.1 Å². The van der Waals surface area contributed by atoms with Crippen molar-refractivity contribution in [1.29, 1.82) is 0 Å². The maximum absolute atomic E-state index is 14.1. The number of hydrogen-bond acceptors (Lipinski definition) is 4. The quantitative estimate of drug-likeness (QED) is 0.273. The predicted molar refractivity (Wildman–Crippen MR) is 116 cm³/mol. The fraction of sp³-hybridized carbons (Fsp3) is 0.609. The fourth-order valence-electron chi connectivity index (χ4n) is 3.38. The molecule has 0 saturated heterocycles. The van der Waals surface area contributed by atoms with Gasteiger partial charge in [-0.25, -0.2) is 4.79 Å². The van der Waals surface area contributed by atoms with Gasteiger partial charge in [0.25, 0.3) is 5.60 Å². The zero-order valence-electron chi connectivity index (χ0n) is 19.1. The number of halogens is 3. The van der Waals surface area contributed by atoms with E-state index in [9.17, 15) is 18.0 Å². The molecule has 0 saturated carbocycles. The van der Waals surface area contributed by atoms with Crippen LogP contribution in [0, 0.1) is 5.92 Å². The molecule has 174 valence electrons. The van der Waals surface area contributed by atoms with Gasteiger partial charge in [-0.1, -0.05) is 63.3 Å². The van der Waals surface area contributed by atoms with E-state index in [4.69, 9.17) is 13.9 Å². The highest BCUT2D eigenvalue weighted by Crippen LogP contribution is 2.44. The molecule has 1 aromatic carbocycles. The van der Waals surface area contributed by atoms with Gasteiger partial charge in [-0.05, 0) is 24.6 Å². The number of methoxy groups -OCH3 is 1. The van der Waals surface area contributed by atoms with E-state index >= 15 is 0 Å². The molecule has 1 unspecified atom stereocenters. The molecule has 8 heteroatoms. The third kappa shape index (κ3) is 5.41. The molecule has 0 aliphatic heterocycles. The number of rotatable bonds is 8. The van der Waals surface area contributed by atoms with Crippen LogP contribution in [-0.4, -0.2) is 40.3 Å². The number of alkyl halides is 3. The lowest BCUT2D eigenvalue weighted by Crippen LogP contribution is -2.52. The molecule has 1 aliphatic carbocycles. The smallest absolute Gasteiger partial charge is 0.432 e. The summed E-state index contributed by atoms with van der Waals surface area (Å²) in [5, 5.41) is 0.0604. The lowest BCUT2D eigenvalue weighted by molar-refractivity contribution is -0.278. The first-order valence-corrected chi connectivity index (χ1v) is 13.4. The van der Waals surface area contributed by atoms with Crippen LogP contribution in [0.15, 0.2) is 42.5 Å². The summed E-state index contributed by atoms with van der Waals surface area (Å²) in [4.78, 5) is 12.9. The Balaban J connectivity index is 2.13. The molecule has 4 nitrogen and oxygen atoms in total. The first-order chi connectivity index (χ1) is 14.3. The van der Waals surface area contributed by atoms with Gasteiger partial charge >= 0.3 is 12.1 Å². The summed E-state index contributed by atoms with van der Waals surface area (Å²) in [5.74, 6) is -1.65. The first kappa shape index (κ1) is 25.6. The fourth-order valence-corrected chi connectivity index (χ4v) is 4.44. The third-order valence-corrected chi connectivity index (χ3v) is 10.9. The highest BCUT2D eigenvalue weighted by atomic mass is 28.4. The largest absolute Gasteiger partial charge is 0.459 e. The molecule has 0 spiro atoms. The van der Waals surface area contributed by atoms with Crippen molar-refractivity contribution in [2.24, 2.45) is 5.92 Å². The molecule has 0 radical (unpaired) electrons. The van der Waals surface area contributed by atoms with Gasteiger partial charge in [0, 0.05) is 31.6 Å². The zero-order valence-corrected chi connectivity index (χ0v) is 20.1. The van der Waals surface area contributed by atoms with E-state index in [1.807, 2.05) is 12.2 Å². The second-order valence-corrected chi connectivity index (χ2v) is 14.2. The Morgan fingerprint density at radius 1 is 1.13 bits per heavy atom. The molecule has 1 aliphatic rings. The van der Waals surface area contributed by atoms with Crippen LogP contribution < -0.4 is 0 Å². The second-order valence-electron chi connectivity index (χ2n) is 9.42. The van der Waals surface area contributed by atoms with Crippen molar-refractivity contribution >= 4 is 14.3 Å². The summed E-state index contributed by atoms with van der Waals surface area (Å²) in [6.45, 7) is 11.2. The highest BCUT2D eigenvalue weighted by molar-refractivity contribution is 6.74. The molecule has 0 bridgehead atoms. The lowest BCUT2D eigenvalue weighted by atomic mass is 9.92. The van der Waals surface area contributed by atoms with Gasteiger partial charge < -0.3 is 13.9 Å². The maximum Gasteiger partial charge on any atom is 0.432 e. The topological polar surface area (TPSA) is 44.8 Å². The van der Waals surface area contributed by atoms with Gasteiger partial charge in [0.05, 0.1) is 0 Å². The Morgan fingerprint density at radius 3 is 2.26 bits per heavy atom. The minimum atomic E-state index is -4.98. The average Bonchev–Trinajstić information content (AvgIpc) is 3.08. The van der Waals surface area contributed by atoms with Crippen molar-refractivity contribution in [3.63, 3.8) is 0 Å². The maximum atomic E-state index is 14.1. The van der Waals surface area contributed by atoms with Crippen molar-refractivity contribution in [1.82, 2.24) is 0 Å². The van der Waals surface area contributed by atoms with Crippen LogP contribution in [0.4, 0.5) is 13.2 Å². The van der Waals surface area contributed by atoms with Crippen molar-refractivity contribution < 1.29 is 31.9 Å². The van der Waals surface area contributed by atoms with E-state index in [1.54, 1.807) is 6.07 Å². The van der Waals surface area contributed by atoms with E-state index in [0.29, 0.717) is 19.4 Å². The van der Waals surface area contributed by atoms with Crippen LogP contribution in [-0.2, 0) is 24.3 Å². The van der Waals surface area contributed by atoms with Gasteiger partial charge in [-0.15, -0.1) is 0 Å². The number of carbonyl (C=O) groups excluding carboxylic acids is 1. The van der Waals surface area contributed by atoms with E-state index in [1.165, 1.54) is 24.3 Å². The number of ether oxygens (including phenoxy) is 2. The van der Waals surface area contributed by atoms with E-state index in [-0.39, 0.29) is 16.5 Å². The van der Waals surface area contributed by atoms with Crippen molar-refractivity contribution in [2.75, 3.05) is 13.7 Å².